The number of aryl methyl sites for hydroxylation is 2. The van der Waals surface area contributed by atoms with Crippen molar-refractivity contribution in [3.63, 3.8) is 0 Å². The fourth-order valence-electron chi connectivity index (χ4n) is 1.64. The van der Waals surface area contributed by atoms with E-state index in [1.807, 2.05) is 6.92 Å². The fraction of sp³-hybridized carbons (Fsp3) is 0.250. The van der Waals surface area contributed by atoms with Crippen LogP contribution in [-0.4, -0.2) is 20.7 Å². The summed E-state index contributed by atoms with van der Waals surface area (Å²) in [6.45, 7) is 1.97. The highest BCUT2D eigenvalue weighted by atomic mass is 35.5. The minimum atomic E-state index is -0.297. The zero-order chi connectivity index (χ0) is 14.0. The molecule has 2 aromatic heterocycles. The summed E-state index contributed by atoms with van der Waals surface area (Å²) in [5, 5.41) is 7.45. The van der Waals surface area contributed by atoms with Crippen LogP contribution in [0.1, 0.15) is 23.0 Å². The van der Waals surface area contributed by atoms with Crippen molar-refractivity contribution < 1.29 is 4.79 Å². The summed E-state index contributed by atoms with van der Waals surface area (Å²) in [4.78, 5) is 15.9. The van der Waals surface area contributed by atoms with Crippen molar-refractivity contribution in [2.24, 2.45) is 7.05 Å². The van der Waals surface area contributed by atoms with Crippen LogP contribution in [0.25, 0.3) is 0 Å². The number of anilines is 1. The number of nitrogens with zero attached hydrogens (tertiary/aromatic N) is 3. The van der Waals surface area contributed by atoms with E-state index in [1.54, 1.807) is 17.9 Å². The number of hydrogen-bond acceptors (Lipinski definition) is 3. The molecule has 1 amide bonds. The molecular weight excluding hydrogens is 287 g/mol. The Balaban J connectivity index is 2.22. The summed E-state index contributed by atoms with van der Waals surface area (Å²) in [6, 6.07) is 1.48. The molecule has 0 saturated carbocycles. The maximum atomic E-state index is 12.1. The Bertz CT molecular complexity index is 624. The monoisotopic (exact) mass is 298 g/mol. The lowest BCUT2D eigenvalue weighted by molar-refractivity contribution is 0.102. The number of halogens is 2. The zero-order valence-corrected chi connectivity index (χ0v) is 12.0. The Hall–Kier alpha value is -1.59. The predicted octanol–water partition coefficient (Wildman–Crippen LogP) is 2.94. The molecule has 0 aliphatic heterocycles. The second kappa shape index (κ2) is 5.59. The Morgan fingerprint density at radius 2 is 2.21 bits per heavy atom. The largest absolute Gasteiger partial charge is 0.319 e. The smallest absolute Gasteiger partial charge is 0.257 e. The van der Waals surface area contributed by atoms with Crippen molar-refractivity contribution in [3.05, 3.63) is 39.9 Å². The summed E-state index contributed by atoms with van der Waals surface area (Å²) in [5.41, 5.74) is 1.85. The van der Waals surface area contributed by atoms with Crippen molar-refractivity contribution in [3.8, 4) is 0 Å². The lowest BCUT2D eigenvalue weighted by atomic mass is 10.2. The van der Waals surface area contributed by atoms with Gasteiger partial charge in [-0.05, 0) is 12.5 Å². The molecule has 0 aliphatic carbocycles. The third-order valence-electron chi connectivity index (χ3n) is 2.55. The van der Waals surface area contributed by atoms with Crippen LogP contribution in [0.4, 0.5) is 5.69 Å². The first-order chi connectivity index (χ1) is 9.01. The average molecular weight is 299 g/mol. The quantitative estimate of drug-likeness (QED) is 0.886. The predicted molar refractivity (Wildman–Crippen MR) is 74.8 cm³/mol. The number of hydrogen-bond donors (Lipinski definition) is 1. The molecule has 0 bridgehead atoms. The van der Waals surface area contributed by atoms with Gasteiger partial charge in [0.05, 0.1) is 22.0 Å². The standard InChI is InChI=1S/C12H12Cl2N4O/c1-3-9-10(6-18(2)17-9)16-12(19)7-4-8(13)11(14)15-5-7/h4-6H,3H2,1-2H3,(H,16,19). The van der Waals surface area contributed by atoms with Crippen molar-refractivity contribution in [1.82, 2.24) is 14.8 Å². The Kier molecular flexibility index (Phi) is 4.07. The molecule has 0 saturated heterocycles. The van der Waals surface area contributed by atoms with E-state index in [-0.39, 0.29) is 16.1 Å². The van der Waals surface area contributed by atoms with E-state index in [0.29, 0.717) is 11.3 Å². The van der Waals surface area contributed by atoms with E-state index >= 15 is 0 Å². The van der Waals surface area contributed by atoms with Gasteiger partial charge in [0.15, 0.2) is 0 Å². The maximum absolute atomic E-state index is 12.1. The number of carbonyl (C=O) groups is 1. The maximum Gasteiger partial charge on any atom is 0.257 e. The van der Waals surface area contributed by atoms with Gasteiger partial charge in [0.1, 0.15) is 5.15 Å². The van der Waals surface area contributed by atoms with Gasteiger partial charge in [-0.2, -0.15) is 5.10 Å². The minimum absolute atomic E-state index is 0.175. The van der Waals surface area contributed by atoms with E-state index in [2.05, 4.69) is 15.4 Å². The number of amides is 1. The van der Waals surface area contributed by atoms with E-state index < -0.39 is 0 Å². The Labute approximate surface area is 120 Å². The summed E-state index contributed by atoms with van der Waals surface area (Å²) < 4.78 is 1.65. The van der Waals surface area contributed by atoms with Gasteiger partial charge in [-0.1, -0.05) is 30.1 Å². The van der Waals surface area contributed by atoms with E-state index in [4.69, 9.17) is 23.2 Å². The highest BCUT2D eigenvalue weighted by molar-refractivity contribution is 6.41. The van der Waals surface area contributed by atoms with Crippen LogP contribution in [0.15, 0.2) is 18.5 Å². The SMILES string of the molecule is CCc1nn(C)cc1NC(=O)c1cnc(Cl)c(Cl)c1. The van der Waals surface area contributed by atoms with Gasteiger partial charge in [0, 0.05) is 19.4 Å². The second-order valence-electron chi connectivity index (χ2n) is 3.97. The molecule has 5 nitrogen and oxygen atoms in total. The molecular formula is C12H12Cl2N4O. The van der Waals surface area contributed by atoms with Crippen LogP contribution in [0.2, 0.25) is 10.2 Å². The van der Waals surface area contributed by atoms with Gasteiger partial charge < -0.3 is 5.32 Å². The molecule has 0 radical (unpaired) electrons. The first-order valence-corrected chi connectivity index (χ1v) is 6.41. The Morgan fingerprint density at radius 3 is 2.84 bits per heavy atom. The van der Waals surface area contributed by atoms with Gasteiger partial charge >= 0.3 is 0 Å². The molecule has 0 aliphatic rings. The molecule has 100 valence electrons. The number of carbonyl (C=O) groups excluding carboxylic acids is 1. The number of nitrogens with one attached hydrogen (secondary N) is 1. The van der Waals surface area contributed by atoms with Gasteiger partial charge in [-0.25, -0.2) is 4.98 Å². The minimum Gasteiger partial charge on any atom is -0.319 e. The number of pyridine rings is 1. The second-order valence-corrected chi connectivity index (χ2v) is 4.73. The third-order valence-corrected chi connectivity index (χ3v) is 3.23. The van der Waals surface area contributed by atoms with Crippen molar-refractivity contribution in [2.75, 3.05) is 5.32 Å². The summed E-state index contributed by atoms with van der Waals surface area (Å²) in [7, 11) is 1.80. The van der Waals surface area contributed by atoms with Crippen LogP contribution >= 0.6 is 23.2 Å². The van der Waals surface area contributed by atoms with Gasteiger partial charge in [0.25, 0.3) is 5.91 Å². The van der Waals surface area contributed by atoms with Crippen LogP contribution < -0.4 is 5.32 Å². The lowest BCUT2D eigenvalue weighted by Crippen LogP contribution is -2.13. The van der Waals surface area contributed by atoms with Crippen LogP contribution in [0, 0.1) is 0 Å². The first kappa shape index (κ1) is 13.8. The highest BCUT2D eigenvalue weighted by Crippen LogP contribution is 2.21. The number of rotatable bonds is 3. The summed E-state index contributed by atoms with van der Waals surface area (Å²) >= 11 is 11.5. The van der Waals surface area contributed by atoms with Crippen molar-refractivity contribution in [1.29, 1.82) is 0 Å². The molecule has 0 unspecified atom stereocenters. The number of aromatic nitrogens is 3. The molecule has 2 aromatic rings. The molecule has 0 fully saturated rings. The topological polar surface area (TPSA) is 59.8 Å². The molecule has 2 heterocycles. The molecule has 19 heavy (non-hydrogen) atoms. The van der Waals surface area contributed by atoms with Gasteiger partial charge in [-0.3, -0.25) is 9.48 Å². The van der Waals surface area contributed by atoms with E-state index in [0.717, 1.165) is 12.1 Å². The first-order valence-electron chi connectivity index (χ1n) is 5.66. The third kappa shape index (κ3) is 3.05. The molecule has 0 atom stereocenters. The molecule has 0 aromatic carbocycles. The zero-order valence-electron chi connectivity index (χ0n) is 10.4. The normalized spacial score (nSPS) is 10.5. The lowest BCUT2D eigenvalue weighted by Gasteiger charge is -2.04. The molecule has 2 rings (SSSR count). The van der Waals surface area contributed by atoms with Crippen LogP contribution in [0.5, 0.6) is 0 Å². The van der Waals surface area contributed by atoms with E-state index in [1.165, 1.54) is 12.3 Å². The van der Waals surface area contributed by atoms with Gasteiger partial charge in [0.2, 0.25) is 0 Å². The van der Waals surface area contributed by atoms with Crippen LogP contribution in [0.3, 0.4) is 0 Å². The van der Waals surface area contributed by atoms with Gasteiger partial charge in [-0.15, -0.1) is 0 Å². The molecule has 1 N–H and O–H groups in total. The van der Waals surface area contributed by atoms with Crippen molar-refractivity contribution >= 4 is 34.8 Å². The summed E-state index contributed by atoms with van der Waals surface area (Å²) in [5.74, 6) is -0.297. The van der Waals surface area contributed by atoms with E-state index in [9.17, 15) is 4.79 Å². The van der Waals surface area contributed by atoms with Crippen LogP contribution in [-0.2, 0) is 13.5 Å². The van der Waals surface area contributed by atoms with Crippen molar-refractivity contribution in [2.45, 2.75) is 13.3 Å². The fourth-order valence-corrected chi connectivity index (χ4v) is 1.91. The molecule has 7 heteroatoms. The molecule has 0 spiro atoms. The summed E-state index contributed by atoms with van der Waals surface area (Å²) in [6.07, 6.45) is 3.86. The average Bonchev–Trinajstić information content (AvgIpc) is 2.72. The highest BCUT2D eigenvalue weighted by Gasteiger charge is 2.13. The Morgan fingerprint density at radius 1 is 1.47 bits per heavy atom.